The first-order chi connectivity index (χ1) is 13.7. The van der Waals surface area contributed by atoms with Crippen LogP contribution in [0.4, 0.5) is 5.13 Å². The van der Waals surface area contributed by atoms with E-state index in [0.717, 1.165) is 42.5 Å². The Kier molecular flexibility index (Phi) is 5.57. The standard InChI is InChI=1S/C20H22N6OS/c1-25(20-23-19(24-28-20)15-5-3-2-4-6-15)17-7-11-26(12-8-17)18(27)13-16-14-21-9-10-22-16/h2-6,9-10,14,17H,7-8,11-13H2,1H3. The molecule has 3 heterocycles. The summed E-state index contributed by atoms with van der Waals surface area (Å²) in [7, 11) is 2.07. The summed E-state index contributed by atoms with van der Waals surface area (Å²) in [5, 5.41) is 0.920. The van der Waals surface area contributed by atoms with Crippen molar-refractivity contribution in [2.24, 2.45) is 0 Å². The third-order valence-electron chi connectivity index (χ3n) is 5.06. The van der Waals surface area contributed by atoms with Gasteiger partial charge in [0.2, 0.25) is 11.0 Å². The topological polar surface area (TPSA) is 75.1 Å². The fraction of sp³-hybridized carbons (Fsp3) is 0.350. The molecule has 3 aromatic rings. The van der Waals surface area contributed by atoms with Crippen LogP contribution in [-0.4, -0.2) is 56.3 Å². The van der Waals surface area contributed by atoms with E-state index < -0.39 is 0 Å². The van der Waals surface area contributed by atoms with Crippen LogP contribution >= 0.6 is 11.5 Å². The van der Waals surface area contributed by atoms with Crippen LogP contribution in [0.3, 0.4) is 0 Å². The molecule has 0 N–H and O–H groups in total. The van der Waals surface area contributed by atoms with Gasteiger partial charge in [0.1, 0.15) is 0 Å². The van der Waals surface area contributed by atoms with E-state index in [1.165, 1.54) is 11.5 Å². The van der Waals surface area contributed by atoms with Crippen molar-refractivity contribution >= 4 is 22.6 Å². The second-order valence-corrected chi connectivity index (χ2v) is 7.59. The second-order valence-electron chi connectivity index (χ2n) is 6.86. The summed E-state index contributed by atoms with van der Waals surface area (Å²) in [6.07, 6.45) is 7.04. The average Bonchev–Trinajstić information content (AvgIpc) is 3.25. The first-order valence-corrected chi connectivity index (χ1v) is 10.1. The third-order valence-corrected chi connectivity index (χ3v) is 5.87. The molecule has 1 aromatic carbocycles. The fourth-order valence-electron chi connectivity index (χ4n) is 3.41. The summed E-state index contributed by atoms with van der Waals surface area (Å²) in [6.45, 7) is 1.50. The predicted molar refractivity (Wildman–Crippen MR) is 109 cm³/mol. The van der Waals surface area contributed by atoms with Crippen molar-refractivity contribution in [1.82, 2.24) is 24.2 Å². The Hall–Kier alpha value is -2.87. The molecule has 0 spiro atoms. The highest BCUT2D eigenvalue weighted by molar-refractivity contribution is 7.09. The number of rotatable bonds is 5. The molecule has 1 aliphatic rings. The zero-order valence-corrected chi connectivity index (χ0v) is 16.5. The van der Waals surface area contributed by atoms with Gasteiger partial charge in [0.05, 0.1) is 12.1 Å². The van der Waals surface area contributed by atoms with Crippen LogP contribution in [0.15, 0.2) is 48.9 Å². The maximum atomic E-state index is 12.5. The van der Waals surface area contributed by atoms with Gasteiger partial charge < -0.3 is 9.80 Å². The van der Waals surface area contributed by atoms with Crippen molar-refractivity contribution < 1.29 is 4.79 Å². The van der Waals surface area contributed by atoms with Crippen LogP contribution in [0.2, 0.25) is 0 Å². The van der Waals surface area contributed by atoms with Crippen molar-refractivity contribution in [3.05, 3.63) is 54.6 Å². The van der Waals surface area contributed by atoms with Gasteiger partial charge in [-0.25, -0.2) is 0 Å². The lowest BCUT2D eigenvalue weighted by atomic mass is 10.0. The molecule has 144 valence electrons. The highest BCUT2D eigenvalue weighted by Crippen LogP contribution is 2.27. The van der Waals surface area contributed by atoms with Crippen molar-refractivity contribution in [2.45, 2.75) is 25.3 Å². The van der Waals surface area contributed by atoms with E-state index in [1.54, 1.807) is 18.6 Å². The van der Waals surface area contributed by atoms with Gasteiger partial charge in [-0.15, -0.1) is 0 Å². The quantitative estimate of drug-likeness (QED) is 0.662. The monoisotopic (exact) mass is 394 g/mol. The molecule has 28 heavy (non-hydrogen) atoms. The van der Waals surface area contributed by atoms with Crippen LogP contribution in [0.5, 0.6) is 0 Å². The van der Waals surface area contributed by atoms with E-state index in [4.69, 9.17) is 4.98 Å². The number of hydrogen-bond acceptors (Lipinski definition) is 7. The number of benzene rings is 1. The van der Waals surface area contributed by atoms with Gasteiger partial charge in [-0.05, 0) is 12.8 Å². The van der Waals surface area contributed by atoms with E-state index in [1.807, 2.05) is 35.2 Å². The highest BCUT2D eigenvalue weighted by atomic mass is 32.1. The zero-order valence-electron chi connectivity index (χ0n) is 15.7. The number of carbonyl (C=O) groups excluding carboxylic acids is 1. The number of carbonyl (C=O) groups is 1. The number of amides is 1. The normalized spacial score (nSPS) is 14.8. The van der Waals surface area contributed by atoms with Gasteiger partial charge in [0.25, 0.3) is 0 Å². The molecule has 2 aromatic heterocycles. The zero-order chi connectivity index (χ0) is 19.3. The molecule has 1 amide bonds. The number of likely N-dealkylation sites (tertiary alicyclic amines) is 1. The van der Waals surface area contributed by atoms with E-state index in [0.29, 0.717) is 18.2 Å². The number of nitrogens with zero attached hydrogens (tertiary/aromatic N) is 6. The van der Waals surface area contributed by atoms with Gasteiger partial charge >= 0.3 is 0 Å². The van der Waals surface area contributed by atoms with Gasteiger partial charge in [-0.3, -0.25) is 14.8 Å². The van der Waals surface area contributed by atoms with E-state index in [9.17, 15) is 4.79 Å². The molecule has 1 aliphatic heterocycles. The number of aromatic nitrogens is 4. The Balaban J connectivity index is 1.33. The lowest BCUT2D eigenvalue weighted by molar-refractivity contribution is -0.131. The lowest BCUT2D eigenvalue weighted by Gasteiger charge is -2.36. The molecule has 8 heteroatoms. The summed E-state index contributed by atoms with van der Waals surface area (Å²) < 4.78 is 4.50. The molecule has 0 saturated carbocycles. The smallest absolute Gasteiger partial charge is 0.228 e. The second kappa shape index (κ2) is 8.43. The molecular weight excluding hydrogens is 372 g/mol. The summed E-state index contributed by atoms with van der Waals surface area (Å²) in [6, 6.07) is 10.4. The molecular formula is C20H22N6OS. The SMILES string of the molecule is CN(c1nc(-c2ccccc2)ns1)C1CCN(C(=O)Cc2cnccn2)CC1. The molecule has 1 saturated heterocycles. The van der Waals surface area contributed by atoms with Crippen LogP contribution < -0.4 is 4.90 Å². The minimum absolute atomic E-state index is 0.115. The molecule has 0 bridgehead atoms. The van der Waals surface area contributed by atoms with Crippen molar-refractivity contribution in [2.75, 3.05) is 25.0 Å². The Morgan fingerprint density at radius 1 is 1.21 bits per heavy atom. The van der Waals surface area contributed by atoms with Crippen LogP contribution in [0.1, 0.15) is 18.5 Å². The first kappa shape index (κ1) is 18.5. The van der Waals surface area contributed by atoms with E-state index in [2.05, 4.69) is 26.3 Å². The van der Waals surface area contributed by atoms with Crippen LogP contribution in [0.25, 0.3) is 11.4 Å². The van der Waals surface area contributed by atoms with Gasteiger partial charge in [-0.1, -0.05) is 30.3 Å². The third kappa shape index (κ3) is 4.17. The maximum absolute atomic E-state index is 12.5. The van der Waals surface area contributed by atoms with Gasteiger partial charge in [-0.2, -0.15) is 9.36 Å². The van der Waals surface area contributed by atoms with Crippen LogP contribution in [0, 0.1) is 0 Å². The Labute approximate surface area is 168 Å². The molecule has 7 nitrogen and oxygen atoms in total. The minimum Gasteiger partial charge on any atom is -0.347 e. The van der Waals surface area contributed by atoms with Crippen LogP contribution in [-0.2, 0) is 11.2 Å². The molecule has 0 unspecified atom stereocenters. The number of piperidine rings is 1. The molecule has 0 atom stereocenters. The average molecular weight is 395 g/mol. The summed E-state index contributed by atoms with van der Waals surface area (Å²) in [4.78, 5) is 29.5. The number of anilines is 1. The van der Waals surface area contributed by atoms with E-state index >= 15 is 0 Å². The summed E-state index contributed by atoms with van der Waals surface area (Å²) >= 11 is 1.42. The van der Waals surface area contributed by atoms with Gasteiger partial charge in [0.15, 0.2) is 5.82 Å². The van der Waals surface area contributed by atoms with E-state index in [-0.39, 0.29) is 5.91 Å². The predicted octanol–water partition coefficient (Wildman–Crippen LogP) is 2.67. The van der Waals surface area contributed by atoms with Crippen molar-refractivity contribution in [3.63, 3.8) is 0 Å². The lowest BCUT2D eigenvalue weighted by Crippen LogP contribution is -2.46. The largest absolute Gasteiger partial charge is 0.347 e. The van der Waals surface area contributed by atoms with Crippen molar-refractivity contribution in [1.29, 1.82) is 0 Å². The Morgan fingerprint density at radius 3 is 2.71 bits per heavy atom. The summed E-state index contributed by atoms with van der Waals surface area (Å²) in [5.41, 5.74) is 1.75. The van der Waals surface area contributed by atoms with Gasteiger partial charge in [0, 0.05) is 61.9 Å². The fourth-order valence-corrected chi connectivity index (χ4v) is 4.13. The minimum atomic E-state index is 0.115. The Morgan fingerprint density at radius 2 is 2.00 bits per heavy atom. The van der Waals surface area contributed by atoms with Crippen molar-refractivity contribution in [3.8, 4) is 11.4 Å². The summed E-state index contributed by atoms with van der Waals surface area (Å²) in [5.74, 6) is 0.882. The molecule has 0 aliphatic carbocycles. The highest BCUT2D eigenvalue weighted by Gasteiger charge is 2.27. The molecule has 1 fully saturated rings. The maximum Gasteiger partial charge on any atom is 0.228 e. The number of hydrogen-bond donors (Lipinski definition) is 0. The molecule has 4 rings (SSSR count). The first-order valence-electron chi connectivity index (χ1n) is 9.35. The Bertz CT molecular complexity index is 909. The molecule has 0 radical (unpaired) electrons.